The summed E-state index contributed by atoms with van der Waals surface area (Å²) in [4.78, 5) is 10.7. The van der Waals surface area contributed by atoms with Crippen LogP contribution in [0.25, 0.3) is 0 Å². The smallest absolute Gasteiger partial charge is 0.416 e. The number of hydrogen-bond donors (Lipinski definition) is 0. The number of hydrogen-bond acceptors (Lipinski definition) is 7. The minimum Gasteiger partial charge on any atom is -0.871 e. The molecule has 0 fully saturated rings. The Morgan fingerprint density at radius 3 is 1.25 bits per heavy atom. The maximum Gasteiger partial charge on any atom is 0.416 e. The van der Waals surface area contributed by atoms with Gasteiger partial charge in [0, 0.05) is 33.6 Å². The predicted octanol–water partition coefficient (Wildman–Crippen LogP) is 4.95. The van der Waals surface area contributed by atoms with E-state index in [2.05, 4.69) is 50.2 Å². The largest absolute Gasteiger partial charge is 0.871 e. The average molecular weight is 709 g/mol. The van der Waals surface area contributed by atoms with Crippen LogP contribution in [0.1, 0.15) is 70.1 Å². The highest BCUT2D eigenvalue weighted by atomic mass is 16.7. The summed E-state index contributed by atoms with van der Waals surface area (Å²) in [6.07, 6.45) is 7.03. The fraction of sp³-hybridized carbons (Fsp3) is 0.333. The number of aromatic nitrogens is 2. The van der Waals surface area contributed by atoms with Crippen LogP contribution in [0.2, 0.25) is 0 Å². The van der Waals surface area contributed by atoms with E-state index in [1.807, 2.05) is 117 Å². The molecular weight excluding hydrogens is 655 g/mol. The lowest BCUT2D eigenvalue weighted by Crippen LogP contribution is -2.48. The topological polar surface area (TPSA) is 100 Å². The van der Waals surface area contributed by atoms with E-state index < -0.39 is 7.32 Å². The van der Waals surface area contributed by atoms with Gasteiger partial charge in [0.2, 0.25) is 12.4 Å². The van der Waals surface area contributed by atoms with Crippen molar-refractivity contribution in [1.29, 1.82) is 0 Å². The Bertz CT molecular complexity index is 1480. The Labute approximate surface area is 310 Å². The van der Waals surface area contributed by atoms with Gasteiger partial charge in [-0.1, -0.05) is 105 Å². The van der Waals surface area contributed by atoms with Crippen LogP contribution in [0.3, 0.4) is 0 Å². The van der Waals surface area contributed by atoms with Crippen LogP contribution >= 0.6 is 0 Å². The van der Waals surface area contributed by atoms with Gasteiger partial charge >= 0.3 is 11.8 Å². The molecule has 0 spiro atoms. The van der Waals surface area contributed by atoms with Gasteiger partial charge in [0.15, 0.2) is 13.2 Å². The highest BCUT2D eigenvalue weighted by Gasteiger charge is 2.35. The van der Waals surface area contributed by atoms with E-state index in [1.54, 1.807) is 9.46 Å². The van der Waals surface area contributed by atoms with Crippen LogP contribution < -0.4 is 38.7 Å². The van der Waals surface area contributed by atoms with Gasteiger partial charge in [0.25, 0.3) is 0 Å². The highest BCUT2D eigenvalue weighted by Crippen LogP contribution is 2.42. The normalized spacial score (nSPS) is 10.5. The summed E-state index contributed by atoms with van der Waals surface area (Å²) in [5, 5.41) is 21.4. The van der Waals surface area contributed by atoms with Crippen molar-refractivity contribution in [2.45, 2.75) is 58.8 Å². The molecule has 2 heterocycles. The summed E-state index contributed by atoms with van der Waals surface area (Å²) in [6.45, 7) is 10.9. The lowest BCUT2D eigenvalue weighted by molar-refractivity contribution is -0.892. The third-order valence-electron chi connectivity index (χ3n) is 7.77. The average Bonchev–Trinajstić information content (AvgIpc) is 3.19. The molecule has 5 rings (SSSR count). The Morgan fingerprint density at radius 1 is 0.519 bits per heavy atom. The summed E-state index contributed by atoms with van der Waals surface area (Å²) >= 11 is 0. The summed E-state index contributed by atoms with van der Waals surface area (Å²) in [5.74, 6) is 1.51. The predicted molar refractivity (Wildman–Crippen MR) is 199 cm³/mol. The van der Waals surface area contributed by atoms with Crippen LogP contribution in [0, 0.1) is 0 Å². The van der Waals surface area contributed by atoms with Gasteiger partial charge < -0.3 is 24.2 Å². The number of pyridine rings is 2. The summed E-state index contributed by atoms with van der Waals surface area (Å²) in [7, 11) is -2.23. The first-order valence-electron chi connectivity index (χ1n) is 18.1. The molecule has 0 N–H and O–H groups in total. The van der Waals surface area contributed by atoms with Crippen molar-refractivity contribution >= 4 is 7.32 Å². The maximum absolute atomic E-state index is 10.7. The molecule has 52 heavy (non-hydrogen) atoms. The molecule has 0 atom stereocenters. The molecule has 0 bridgehead atoms. The van der Waals surface area contributed by atoms with Crippen molar-refractivity contribution in [2.24, 2.45) is 0 Å². The maximum atomic E-state index is 10.7. The van der Waals surface area contributed by atoms with E-state index in [1.165, 1.54) is 16.7 Å². The Balaban J connectivity index is 0.000000235. The minimum absolute atomic E-state index is 0.159. The second-order valence-electron chi connectivity index (χ2n) is 11.5. The lowest BCUT2D eigenvalue weighted by Gasteiger charge is -2.37. The van der Waals surface area contributed by atoms with Gasteiger partial charge in [-0.3, -0.25) is 9.68 Å². The van der Waals surface area contributed by atoms with Gasteiger partial charge in [-0.25, -0.2) is 0 Å². The minimum atomic E-state index is -2.23. The fourth-order valence-corrected chi connectivity index (χ4v) is 5.57. The van der Waals surface area contributed by atoms with Crippen molar-refractivity contribution in [3.63, 3.8) is 0 Å². The number of rotatable bonds is 18. The first kappa shape index (κ1) is 41.5. The Hall–Kier alpha value is -4.90. The molecule has 5 aromatic rings. The molecule has 3 aromatic carbocycles. The van der Waals surface area contributed by atoms with Gasteiger partial charge in [0.1, 0.15) is 0 Å². The zero-order valence-electron chi connectivity index (χ0n) is 31.0. The summed E-state index contributed by atoms with van der Waals surface area (Å²) in [5.41, 5.74) is 3.17. The zero-order valence-corrected chi connectivity index (χ0v) is 31.0. The van der Waals surface area contributed by atoms with E-state index in [9.17, 15) is 10.0 Å². The second kappa shape index (κ2) is 24.3. The molecule has 0 aliphatic rings. The molecule has 2 aromatic heterocycles. The molecular formula is C42H53BN2O7. The monoisotopic (exact) mass is 708 g/mol. The molecule has 9 nitrogen and oxygen atoms in total. The first-order valence-corrected chi connectivity index (χ1v) is 18.1. The molecule has 10 heteroatoms. The molecule has 0 aliphatic carbocycles. The first-order chi connectivity index (χ1) is 25.5. The molecule has 0 amide bonds. The van der Waals surface area contributed by atoms with Crippen molar-refractivity contribution in [3.8, 4) is 11.8 Å². The van der Waals surface area contributed by atoms with Crippen molar-refractivity contribution in [2.75, 3.05) is 33.0 Å². The molecule has 0 radical (unpaired) electrons. The summed E-state index contributed by atoms with van der Waals surface area (Å²) in [6, 6.07) is 42.5. The summed E-state index contributed by atoms with van der Waals surface area (Å²) < 4.78 is 19.0. The van der Waals surface area contributed by atoms with Crippen molar-refractivity contribution < 1.29 is 43.3 Å². The second-order valence-corrected chi connectivity index (χ2v) is 11.5. The SMILES string of the molecule is CCCOc1cccc[n+]1OCC.CCCOc1cccc[n+]1OCC.[O-]B([O-])OCCCC(c1ccccc1)(c1ccccc1)c1ccccc1. The third kappa shape index (κ3) is 13.3. The number of ether oxygens (including phenoxy) is 2. The zero-order chi connectivity index (χ0) is 37.3. The molecule has 0 saturated heterocycles. The van der Waals surface area contributed by atoms with E-state index in [0.29, 0.717) is 19.6 Å². The van der Waals surface area contributed by atoms with E-state index in [0.717, 1.165) is 44.2 Å². The van der Waals surface area contributed by atoms with Crippen molar-refractivity contribution in [1.82, 2.24) is 0 Å². The highest BCUT2D eigenvalue weighted by molar-refractivity contribution is 6.28. The van der Waals surface area contributed by atoms with Gasteiger partial charge in [-0.15, -0.1) is 0 Å². The molecule has 276 valence electrons. The van der Waals surface area contributed by atoms with Gasteiger partial charge in [0.05, 0.1) is 32.7 Å². The van der Waals surface area contributed by atoms with Gasteiger partial charge in [-0.05, 0) is 68.4 Å². The van der Waals surface area contributed by atoms with Crippen LogP contribution in [0.4, 0.5) is 0 Å². The molecule has 0 aliphatic heterocycles. The Kier molecular flexibility index (Phi) is 19.4. The molecule has 0 saturated carbocycles. The van der Waals surface area contributed by atoms with Crippen LogP contribution in [-0.2, 0) is 10.1 Å². The molecule has 0 unspecified atom stereocenters. The Morgan fingerprint density at radius 2 is 0.904 bits per heavy atom. The van der Waals surface area contributed by atoms with Crippen LogP contribution in [-0.4, -0.2) is 40.4 Å². The van der Waals surface area contributed by atoms with E-state index in [4.69, 9.17) is 23.8 Å². The van der Waals surface area contributed by atoms with Crippen LogP contribution in [0.5, 0.6) is 11.8 Å². The lowest BCUT2D eigenvalue weighted by atomic mass is 9.67. The fourth-order valence-electron chi connectivity index (χ4n) is 5.57. The van der Waals surface area contributed by atoms with Crippen molar-refractivity contribution in [3.05, 3.63) is 156 Å². The number of nitrogens with zero attached hydrogens (tertiary/aromatic N) is 2. The van der Waals surface area contributed by atoms with E-state index in [-0.39, 0.29) is 12.0 Å². The third-order valence-corrected chi connectivity index (χ3v) is 7.77. The number of benzene rings is 3. The standard InChI is InChI=1S/C22H21BO3.2C10H16NO2/c24-23(25)26-18-10-17-22(19-11-4-1-5-12-19,20-13-6-2-7-14-20)21-15-8-3-9-16-21;2*1-3-9-12-10-7-5-6-8-11(10)13-4-2/h1-9,11-16H,10,17-18H2;2*5-8H,3-4,9H2,1-2H3/q-2;2*+1. The van der Waals surface area contributed by atoms with Gasteiger partial charge in [-0.2, -0.15) is 0 Å². The van der Waals surface area contributed by atoms with E-state index >= 15 is 0 Å². The quantitative estimate of drug-likeness (QED) is 0.0550. The van der Waals surface area contributed by atoms with Crippen LogP contribution in [0.15, 0.2) is 140 Å².